The summed E-state index contributed by atoms with van der Waals surface area (Å²) in [6.45, 7) is 2.20. The van der Waals surface area contributed by atoms with Crippen molar-refractivity contribution in [2.45, 2.75) is 64.3 Å². The first-order chi connectivity index (χ1) is 7.63. The van der Waals surface area contributed by atoms with Gasteiger partial charge in [0.1, 0.15) is 0 Å². The summed E-state index contributed by atoms with van der Waals surface area (Å²) >= 11 is 0. The first-order valence-corrected chi connectivity index (χ1v) is 6.60. The Hall–Kier alpha value is -0.570. The second kappa shape index (κ2) is 6.89. The number of hydrogen-bond acceptors (Lipinski definition) is 2. The molecule has 3 N–H and O–H groups in total. The van der Waals surface area contributed by atoms with E-state index in [4.69, 9.17) is 10.8 Å². The van der Waals surface area contributed by atoms with Crippen LogP contribution in [0.4, 0.5) is 0 Å². The Morgan fingerprint density at radius 2 is 2.12 bits per heavy atom. The zero-order chi connectivity index (χ0) is 12.0. The van der Waals surface area contributed by atoms with Crippen molar-refractivity contribution in [2.75, 3.05) is 0 Å². The number of carboxylic acid groups (broad SMARTS) is 1. The van der Waals surface area contributed by atoms with Crippen LogP contribution in [0.5, 0.6) is 0 Å². The fourth-order valence-corrected chi connectivity index (χ4v) is 2.81. The summed E-state index contributed by atoms with van der Waals surface area (Å²) in [6, 6.07) is 0.307. The van der Waals surface area contributed by atoms with Crippen LogP contribution in [-0.2, 0) is 4.79 Å². The number of aliphatic carboxylic acids is 1. The molecule has 1 aliphatic rings. The molecule has 0 radical (unpaired) electrons. The van der Waals surface area contributed by atoms with Crippen LogP contribution in [0, 0.1) is 11.8 Å². The van der Waals surface area contributed by atoms with Crippen LogP contribution in [0.3, 0.4) is 0 Å². The summed E-state index contributed by atoms with van der Waals surface area (Å²) in [5.41, 5.74) is 6.11. The molecule has 3 atom stereocenters. The number of hydrogen-bond donors (Lipinski definition) is 2. The van der Waals surface area contributed by atoms with E-state index >= 15 is 0 Å². The van der Waals surface area contributed by atoms with Crippen LogP contribution >= 0.6 is 0 Å². The molecule has 0 bridgehead atoms. The van der Waals surface area contributed by atoms with E-state index in [0.29, 0.717) is 24.3 Å². The molecule has 0 aromatic rings. The topological polar surface area (TPSA) is 63.3 Å². The van der Waals surface area contributed by atoms with Gasteiger partial charge in [-0.2, -0.15) is 0 Å². The van der Waals surface area contributed by atoms with Gasteiger partial charge in [-0.3, -0.25) is 4.79 Å². The van der Waals surface area contributed by atoms with Gasteiger partial charge >= 0.3 is 5.97 Å². The van der Waals surface area contributed by atoms with Crippen molar-refractivity contribution in [3.8, 4) is 0 Å². The minimum Gasteiger partial charge on any atom is -0.481 e. The van der Waals surface area contributed by atoms with Crippen molar-refractivity contribution in [1.29, 1.82) is 0 Å². The Kier molecular flexibility index (Phi) is 5.81. The highest BCUT2D eigenvalue weighted by Gasteiger charge is 2.28. The lowest BCUT2D eigenvalue weighted by Crippen LogP contribution is -2.36. The summed E-state index contributed by atoms with van der Waals surface area (Å²) in [5, 5.41) is 8.80. The molecular weight excluding hydrogens is 202 g/mol. The SMILES string of the molecule is CCCCCC1CC(CC(=O)O)CCC1N. The molecule has 0 aromatic heterocycles. The number of rotatable bonds is 6. The van der Waals surface area contributed by atoms with Crippen molar-refractivity contribution in [3.63, 3.8) is 0 Å². The summed E-state index contributed by atoms with van der Waals surface area (Å²) in [5.74, 6) is 0.265. The van der Waals surface area contributed by atoms with Crippen LogP contribution in [0.1, 0.15) is 58.3 Å². The molecule has 3 unspecified atom stereocenters. The highest BCUT2D eigenvalue weighted by molar-refractivity contribution is 5.67. The lowest BCUT2D eigenvalue weighted by Gasteiger charge is -2.33. The van der Waals surface area contributed by atoms with Crippen molar-refractivity contribution in [1.82, 2.24) is 0 Å². The minimum absolute atomic E-state index is 0.307. The van der Waals surface area contributed by atoms with Gasteiger partial charge < -0.3 is 10.8 Å². The van der Waals surface area contributed by atoms with Gasteiger partial charge in [-0.25, -0.2) is 0 Å². The van der Waals surface area contributed by atoms with Crippen molar-refractivity contribution < 1.29 is 9.90 Å². The third kappa shape index (κ3) is 4.52. The molecule has 94 valence electrons. The zero-order valence-corrected chi connectivity index (χ0v) is 10.3. The van der Waals surface area contributed by atoms with Crippen LogP contribution in [0.15, 0.2) is 0 Å². The number of unbranched alkanes of at least 4 members (excludes halogenated alkanes) is 2. The molecule has 0 spiro atoms. The quantitative estimate of drug-likeness (QED) is 0.686. The molecule has 0 heterocycles. The Bertz CT molecular complexity index is 218. The minimum atomic E-state index is -0.659. The molecule has 1 saturated carbocycles. The van der Waals surface area contributed by atoms with Crippen molar-refractivity contribution in [2.24, 2.45) is 17.6 Å². The van der Waals surface area contributed by atoms with E-state index in [1.54, 1.807) is 0 Å². The van der Waals surface area contributed by atoms with E-state index in [1.807, 2.05) is 0 Å². The first kappa shape index (κ1) is 13.5. The Labute approximate surface area is 98.4 Å². The van der Waals surface area contributed by atoms with E-state index in [0.717, 1.165) is 19.3 Å². The Balaban J connectivity index is 2.32. The van der Waals surface area contributed by atoms with E-state index in [9.17, 15) is 4.79 Å². The molecule has 0 aliphatic heterocycles. The number of carboxylic acids is 1. The van der Waals surface area contributed by atoms with Crippen LogP contribution < -0.4 is 5.73 Å². The molecule has 1 fully saturated rings. The van der Waals surface area contributed by atoms with Gasteiger partial charge in [0, 0.05) is 12.5 Å². The Morgan fingerprint density at radius 3 is 2.75 bits per heavy atom. The molecule has 3 nitrogen and oxygen atoms in total. The van der Waals surface area contributed by atoms with Crippen molar-refractivity contribution in [3.05, 3.63) is 0 Å². The number of carbonyl (C=O) groups is 1. The van der Waals surface area contributed by atoms with E-state index in [-0.39, 0.29) is 0 Å². The first-order valence-electron chi connectivity index (χ1n) is 6.60. The maximum atomic E-state index is 10.7. The third-order valence-electron chi connectivity index (χ3n) is 3.79. The molecular formula is C13H25NO2. The van der Waals surface area contributed by atoms with Crippen LogP contribution in [0.25, 0.3) is 0 Å². The normalized spacial score (nSPS) is 30.2. The summed E-state index contributed by atoms with van der Waals surface area (Å²) in [6.07, 6.45) is 8.30. The van der Waals surface area contributed by atoms with Crippen LogP contribution in [0.2, 0.25) is 0 Å². The Morgan fingerprint density at radius 1 is 1.38 bits per heavy atom. The maximum absolute atomic E-state index is 10.7. The molecule has 16 heavy (non-hydrogen) atoms. The van der Waals surface area contributed by atoms with Gasteiger partial charge in [-0.15, -0.1) is 0 Å². The van der Waals surface area contributed by atoms with Gasteiger partial charge in [0.05, 0.1) is 0 Å². The fourth-order valence-electron chi connectivity index (χ4n) is 2.81. The monoisotopic (exact) mass is 227 g/mol. The lowest BCUT2D eigenvalue weighted by molar-refractivity contribution is -0.138. The average molecular weight is 227 g/mol. The molecule has 3 heteroatoms. The summed E-state index contributed by atoms with van der Waals surface area (Å²) in [4.78, 5) is 10.7. The predicted octanol–water partition coefficient (Wildman–Crippen LogP) is 2.79. The fraction of sp³-hybridized carbons (Fsp3) is 0.923. The summed E-state index contributed by atoms with van der Waals surface area (Å²) < 4.78 is 0. The standard InChI is InChI=1S/C13H25NO2/c1-2-3-4-5-11-8-10(9-13(15)16)6-7-12(11)14/h10-12H,2-9,14H2,1H3,(H,15,16). The lowest BCUT2D eigenvalue weighted by atomic mass is 9.75. The van der Waals surface area contributed by atoms with Gasteiger partial charge in [0.2, 0.25) is 0 Å². The molecule has 1 aliphatic carbocycles. The van der Waals surface area contributed by atoms with Crippen molar-refractivity contribution >= 4 is 5.97 Å². The van der Waals surface area contributed by atoms with E-state index in [2.05, 4.69) is 6.92 Å². The smallest absolute Gasteiger partial charge is 0.303 e. The highest BCUT2D eigenvalue weighted by atomic mass is 16.4. The van der Waals surface area contributed by atoms with Gasteiger partial charge in [0.15, 0.2) is 0 Å². The van der Waals surface area contributed by atoms with E-state index < -0.39 is 5.97 Å². The molecule has 0 saturated heterocycles. The van der Waals surface area contributed by atoms with Gasteiger partial charge in [-0.05, 0) is 37.5 Å². The van der Waals surface area contributed by atoms with Crippen LogP contribution in [-0.4, -0.2) is 17.1 Å². The highest BCUT2D eigenvalue weighted by Crippen LogP contribution is 2.33. The summed E-state index contributed by atoms with van der Waals surface area (Å²) in [7, 11) is 0. The molecule has 0 amide bonds. The largest absolute Gasteiger partial charge is 0.481 e. The zero-order valence-electron chi connectivity index (χ0n) is 10.3. The molecule has 0 aromatic carbocycles. The second-order valence-corrected chi connectivity index (χ2v) is 5.20. The predicted molar refractivity (Wildman–Crippen MR) is 65.2 cm³/mol. The van der Waals surface area contributed by atoms with Gasteiger partial charge in [-0.1, -0.05) is 26.2 Å². The van der Waals surface area contributed by atoms with E-state index in [1.165, 1.54) is 25.7 Å². The third-order valence-corrected chi connectivity index (χ3v) is 3.79. The second-order valence-electron chi connectivity index (χ2n) is 5.20. The number of nitrogens with two attached hydrogens (primary N) is 1. The average Bonchev–Trinajstić information content (AvgIpc) is 2.22. The maximum Gasteiger partial charge on any atom is 0.303 e. The molecule has 1 rings (SSSR count). The van der Waals surface area contributed by atoms with Gasteiger partial charge in [0.25, 0.3) is 0 Å².